The van der Waals surface area contributed by atoms with Crippen LogP contribution in [-0.4, -0.2) is 16.2 Å². The van der Waals surface area contributed by atoms with Gasteiger partial charge >= 0.3 is 6.03 Å². The van der Waals surface area contributed by atoms with Gasteiger partial charge in [0.2, 0.25) is 5.13 Å². The second kappa shape index (κ2) is 10.3. The molecule has 0 fully saturated rings. The predicted molar refractivity (Wildman–Crippen MR) is 130 cm³/mol. The van der Waals surface area contributed by atoms with Crippen molar-refractivity contribution < 1.29 is 9.18 Å². The molecule has 10 heteroatoms. The molecule has 3 aromatic carbocycles. The molecule has 5 nitrogen and oxygen atoms in total. The molecule has 0 saturated heterocycles. The number of halogens is 3. The highest BCUT2D eigenvalue weighted by Crippen LogP contribution is 2.36. The summed E-state index contributed by atoms with van der Waals surface area (Å²) in [6, 6.07) is 18.7. The molecule has 0 aliphatic rings. The molecule has 1 aromatic heterocycles. The van der Waals surface area contributed by atoms with E-state index in [4.69, 9.17) is 23.2 Å². The molecule has 4 aromatic rings. The summed E-state index contributed by atoms with van der Waals surface area (Å²) in [5.41, 5.74) is 1.91. The molecule has 2 N–H and O–H groups in total. The van der Waals surface area contributed by atoms with E-state index < -0.39 is 6.03 Å². The van der Waals surface area contributed by atoms with E-state index in [1.807, 2.05) is 30.3 Å². The number of anilines is 2. The topological polar surface area (TPSA) is 66.9 Å². The Kier molecular flexibility index (Phi) is 7.26. The molecule has 2 amide bonds. The quantitative estimate of drug-likeness (QED) is 0.265. The monoisotopic (exact) mass is 504 g/mol. The van der Waals surface area contributed by atoms with E-state index in [1.165, 1.54) is 35.2 Å². The van der Waals surface area contributed by atoms with Gasteiger partial charge in [0.15, 0.2) is 5.01 Å². The maximum atomic E-state index is 13.9. The summed E-state index contributed by atoms with van der Waals surface area (Å²) in [6.07, 6.45) is 0. The predicted octanol–water partition coefficient (Wildman–Crippen LogP) is 7.59. The molecule has 0 aliphatic heterocycles. The van der Waals surface area contributed by atoms with Crippen molar-refractivity contribution in [3.63, 3.8) is 0 Å². The van der Waals surface area contributed by atoms with Gasteiger partial charge in [0.1, 0.15) is 5.82 Å². The van der Waals surface area contributed by atoms with Crippen LogP contribution in [0.25, 0.3) is 10.6 Å². The van der Waals surface area contributed by atoms with Gasteiger partial charge in [-0.25, -0.2) is 9.18 Å². The largest absolute Gasteiger partial charge is 0.325 e. The molecule has 0 unspecified atom stereocenters. The van der Waals surface area contributed by atoms with Crippen LogP contribution in [0.2, 0.25) is 10.0 Å². The van der Waals surface area contributed by atoms with Crippen molar-refractivity contribution >= 4 is 63.2 Å². The van der Waals surface area contributed by atoms with Crippen molar-refractivity contribution in [1.29, 1.82) is 0 Å². The number of nitrogens with one attached hydrogen (secondary N) is 2. The minimum atomic E-state index is -0.501. The number of nitrogens with zero attached hydrogens (tertiary/aromatic N) is 2. The Labute approximate surface area is 202 Å². The van der Waals surface area contributed by atoms with Gasteiger partial charge in [-0.1, -0.05) is 70.9 Å². The van der Waals surface area contributed by atoms with E-state index in [0.717, 1.165) is 10.5 Å². The molecule has 0 spiro atoms. The Morgan fingerprint density at radius 2 is 1.78 bits per heavy atom. The Morgan fingerprint density at radius 1 is 1.00 bits per heavy atom. The summed E-state index contributed by atoms with van der Waals surface area (Å²) >= 11 is 14.7. The number of carbonyl (C=O) groups excluding carboxylic acids is 1. The third-order valence-corrected chi connectivity index (χ3v) is 6.83. The number of aromatic nitrogens is 2. The van der Waals surface area contributed by atoms with Gasteiger partial charge in [-0.15, -0.1) is 22.0 Å². The third-order valence-electron chi connectivity index (χ3n) is 4.28. The lowest BCUT2D eigenvalue weighted by Gasteiger charge is -2.07. The van der Waals surface area contributed by atoms with Gasteiger partial charge in [0, 0.05) is 21.2 Å². The summed E-state index contributed by atoms with van der Waals surface area (Å²) in [5, 5.41) is 15.3. The van der Waals surface area contributed by atoms with Gasteiger partial charge < -0.3 is 5.32 Å². The van der Waals surface area contributed by atoms with Crippen LogP contribution in [0.5, 0.6) is 0 Å². The van der Waals surface area contributed by atoms with Crippen molar-refractivity contribution in [3.05, 3.63) is 88.2 Å². The molecule has 32 heavy (non-hydrogen) atoms. The lowest BCUT2D eigenvalue weighted by molar-refractivity contribution is 0.262. The summed E-state index contributed by atoms with van der Waals surface area (Å²) < 4.78 is 13.9. The first kappa shape index (κ1) is 22.5. The third kappa shape index (κ3) is 5.58. The van der Waals surface area contributed by atoms with E-state index in [-0.39, 0.29) is 5.82 Å². The number of carbonyl (C=O) groups is 1. The van der Waals surface area contributed by atoms with E-state index in [2.05, 4.69) is 20.8 Å². The van der Waals surface area contributed by atoms with Crippen LogP contribution in [0.3, 0.4) is 0 Å². The molecule has 0 atom stereocenters. The van der Waals surface area contributed by atoms with Crippen LogP contribution in [0.15, 0.2) is 71.6 Å². The summed E-state index contributed by atoms with van der Waals surface area (Å²) in [6.45, 7) is 0. The first-order chi connectivity index (χ1) is 15.5. The van der Waals surface area contributed by atoms with Crippen molar-refractivity contribution in [2.24, 2.45) is 0 Å². The number of benzene rings is 3. The minimum absolute atomic E-state index is 0.230. The first-order valence-electron chi connectivity index (χ1n) is 9.32. The second-order valence-electron chi connectivity index (χ2n) is 6.49. The zero-order chi connectivity index (χ0) is 22.5. The first-order valence-corrected chi connectivity index (χ1v) is 11.9. The van der Waals surface area contributed by atoms with Crippen molar-refractivity contribution in [1.82, 2.24) is 10.2 Å². The lowest BCUT2D eigenvalue weighted by Crippen LogP contribution is -2.19. The second-order valence-corrected chi connectivity index (χ2v) is 9.33. The number of hydrogen-bond acceptors (Lipinski definition) is 5. The van der Waals surface area contributed by atoms with Crippen LogP contribution in [0.4, 0.5) is 20.0 Å². The fourth-order valence-electron chi connectivity index (χ4n) is 2.76. The normalized spacial score (nSPS) is 10.7. The molecular formula is C22H15Cl2FN4OS2. The highest BCUT2D eigenvalue weighted by atomic mass is 35.5. The van der Waals surface area contributed by atoms with Crippen molar-refractivity contribution in [2.75, 3.05) is 10.6 Å². The summed E-state index contributed by atoms with van der Waals surface area (Å²) in [5.74, 6) is 0.254. The van der Waals surface area contributed by atoms with Crippen LogP contribution in [0.1, 0.15) is 5.56 Å². The SMILES string of the molecule is O=C(Nc1nnc(-c2ccccc2SCc2ccccc2F)s1)Nc1ccc(Cl)cc1Cl. The standard InChI is InChI=1S/C22H15Cl2FN4OS2/c23-14-9-10-18(16(24)11-14)26-21(30)27-22-29-28-20(32-22)15-6-2-4-8-19(15)31-12-13-5-1-3-7-17(13)25/h1-11H,12H2,(H2,26,27,29,30). The summed E-state index contributed by atoms with van der Waals surface area (Å²) in [4.78, 5) is 13.2. The number of rotatable bonds is 6. The highest BCUT2D eigenvalue weighted by Gasteiger charge is 2.14. The fourth-order valence-corrected chi connectivity index (χ4v) is 5.10. The number of thioether (sulfide) groups is 1. The number of hydrogen-bond donors (Lipinski definition) is 2. The molecule has 0 saturated carbocycles. The Hall–Kier alpha value is -2.65. The molecular weight excluding hydrogens is 490 g/mol. The molecule has 0 bridgehead atoms. The van der Waals surface area contributed by atoms with Gasteiger partial charge in [0.25, 0.3) is 0 Å². The Bertz CT molecular complexity index is 1270. The van der Waals surface area contributed by atoms with E-state index >= 15 is 0 Å². The molecule has 1 heterocycles. The van der Waals surface area contributed by atoms with E-state index in [1.54, 1.807) is 24.3 Å². The van der Waals surface area contributed by atoms with Gasteiger partial charge in [-0.05, 0) is 35.9 Å². The minimum Gasteiger partial charge on any atom is -0.306 e. The zero-order valence-electron chi connectivity index (χ0n) is 16.3. The fraction of sp³-hybridized carbons (Fsp3) is 0.0455. The smallest absolute Gasteiger partial charge is 0.306 e. The van der Waals surface area contributed by atoms with Crippen LogP contribution in [0, 0.1) is 5.82 Å². The molecule has 4 rings (SSSR count). The van der Waals surface area contributed by atoms with Crippen LogP contribution < -0.4 is 10.6 Å². The zero-order valence-corrected chi connectivity index (χ0v) is 19.5. The van der Waals surface area contributed by atoms with Crippen molar-refractivity contribution in [2.45, 2.75) is 10.6 Å². The summed E-state index contributed by atoms with van der Waals surface area (Å²) in [7, 11) is 0. The Morgan fingerprint density at radius 3 is 2.59 bits per heavy atom. The van der Waals surface area contributed by atoms with Crippen LogP contribution >= 0.6 is 46.3 Å². The highest BCUT2D eigenvalue weighted by molar-refractivity contribution is 7.98. The molecule has 0 radical (unpaired) electrons. The van der Waals surface area contributed by atoms with Gasteiger partial charge in [-0.3, -0.25) is 5.32 Å². The lowest BCUT2D eigenvalue weighted by atomic mass is 10.2. The molecule has 162 valence electrons. The number of amides is 2. The Balaban J connectivity index is 1.45. The van der Waals surface area contributed by atoms with Crippen LogP contribution in [-0.2, 0) is 5.75 Å². The van der Waals surface area contributed by atoms with Gasteiger partial charge in [0.05, 0.1) is 10.7 Å². The maximum absolute atomic E-state index is 13.9. The van der Waals surface area contributed by atoms with Crippen molar-refractivity contribution in [3.8, 4) is 10.6 Å². The van der Waals surface area contributed by atoms with E-state index in [0.29, 0.717) is 37.2 Å². The maximum Gasteiger partial charge on any atom is 0.325 e. The average Bonchev–Trinajstić information content (AvgIpc) is 3.23. The number of urea groups is 1. The average molecular weight is 505 g/mol. The van der Waals surface area contributed by atoms with E-state index in [9.17, 15) is 9.18 Å². The molecule has 0 aliphatic carbocycles. The van der Waals surface area contributed by atoms with Gasteiger partial charge in [-0.2, -0.15) is 0 Å².